The smallest absolute Gasteiger partial charge is 0.109 e. The van der Waals surface area contributed by atoms with Gasteiger partial charge in [0.2, 0.25) is 0 Å². The van der Waals surface area contributed by atoms with Crippen LogP contribution in [0.3, 0.4) is 0 Å². The number of allylic oxidation sites excluding steroid dienone is 1. The highest BCUT2D eigenvalue weighted by atomic mass is 32.1. The average Bonchev–Trinajstić information content (AvgIpc) is 2.89. The van der Waals surface area contributed by atoms with E-state index in [2.05, 4.69) is 12.1 Å². The third-order valence-corrected chi connectivity index (χ3v) is 5.00. The lowest BCUT2D eigenvalue weighted by Gasteiger charge is -2.17. The first-order chi connectivity index (χ1) is 7.84. The lowest BCUT2D eigenvalue weighted by Crippen LogP contribution is -2.03. The fourth-order valence-electron chi connectivity index (χ4n) is 2.78. The van der Waals surface area contributed by atoms with Crippen molar-refractivity contribution in [3.05, 3.63) is 33.0 Å². The molecule has 0 saturated heterocycles. The summed E-state index contributed by atoms with van der Waals surface area (Å²) in [5.41, 5.74) is 2.75. The van der Waals surface area contributed by atoms with Crippen molar-refractivity contribution in [2.24, 2.45) is 0 Å². The minimum absolute atomic E-state index is 0.309. The molecule has 0 spiro atoms. The maximum atomic E-state index is 10.3. The molecule has 16 heavy (non-hydrogen) atoms. The zero-order valence-electron chi connectivity index (χ0n) is 9.54. The number of hydrogen-bond donors (Lipinski definition) is 1. The van der Waals surface area contributed by atoms with Crippen molar-refractivity contribution in [3.63, 3.8) is 0 Å². The van der Waals surface area contributed by atoms with Gasteiger partial charge in [-0.05, 0) is 62.1 Å². The third kappa shape index (κ3) is 1.85. The molecule has 0 amide bonds. The van der Waals surface area contributed by atoms with Gasteiger partial charge < -0.3 is 5.11 Å². The Morgan fingerprint density at radius 1 is 1.12 bits per heavy atom. The van der Waals surface area contributed by atoms with Crippen LogP contribution < -0.4 is 0 Å². The first kappa shape index (κ1) is 10.5. The van der Waals surface area contributed by atoms with E-state index in [0.29, 0.717) is 0 Å². The molecule has 0 saturated carbocycles. The van der Waals surface area contributed by atoms with Gasteiger partial charge in [-0.1, -0.05) is 6.08 Å². The second-order valence-electron chi connectivity index (χ2n) is 4.88. The normalized spacial score (nSPS) is 21.7. The molecule has 3 rings (SSSR count). The second-order valence-corrected chi connectivity index (χ2v) is 6.05. The lowest BCUT2D eigenvalue weighted by molar-refractivity contribution is 0.212. The quantitative estimate of drug-likeness (QED) is 0.772. The van der Waals surface area contributed by atoms with E-state index in [1.54, 1.807) is 0 Å². The monoisotopic (exact) mass is 234 g/mol. The number of rotatable bonds is 2. The Bertz CT molecular complexity index is 395. The number of fused-ring (bicyclic) bond motifs is 1. The summed E-state index contributed by atoms with van der Waals surface area (Å²) in [6, 6.07) is 2.24. The zero-order valence-corrected chi connectivity index (χ0v) is 10.4. The summed E-state index contributed by atoms with van der Waals surface area (Å²) in [5, 5.41) is 10.3. The Morgan fingerprint density at radius 2 is 2.06 bits per heavy atom. The van der Waals surface area contributed by atoms with Crippen LogP contribution in [0.1, 0.15) is 53.5 Å². The molecular weight excluding hydrogens is 216 g/mol. The Morgan fingerprint density at radius 3 is 2.81 bits per heavy atom. The SMILES string of the molecule is OC(C1=CCCCC1)c1cc2c(s1)CCC2. The van der Waals surface area contributed by atoms with Crippen LogP contribution in [0.2, 0.25) is 0 Å². The van der Waals surface area contributed by atoms with E-state index in [9.17, 15) is 5.11 Å². The van der Waals surface area contributed by atoms with Crippen LogP contribution in [0.25, 0.3) is 0 Å². The molecule has 1 aromatic heterocycles. The highest BCUT2D eigenvalue weighted by Crippen LogP contribution is 2.38. The topological polar surface area (TPSA) is 20.2 Å². The molecule has 1 aromatic rings. The molecule has 2 aliphatic rings. The van der Waals surface area contributed by atoms with Crippen LogP contribution >= 0.6 is 11.3 Å². The van der Waals surface area contributed by atoms with Gasteiger partial charge in [0.05, 0.1) is 0 Å². The minimum Gasteiger partial charge on any atom is -0.383 e. The summed E-state index contributed by atoms with van der Waals surface area (Å²) in [6.07, 6.45) is 10.5. The van der Waals surface area contributed by atoms with Crippen LogP contribution in [0.4, 0.5) is 0 Å². The molecule has 1 unspecified atom stereocenters. The molecule has 1 nitrogen and oxygen atoms in total. The Hall–Kier alpha value is -0.600. The van der Waals surface area contributed by atoms with Gasteiger partial charge in [-0.2, -0.15) is 0 Å². The van der Waals surface area contributed by atoms with Crippen LogP contribution in [0, 0.1) is 0 Å². The van der Waals surface area contributed by atoms with E-state index < -0.39 is 0 Å². The molecular formula is C14H18OS. The molecule has 86 valence electrons. The van der Waals surface area contributed by atoms with E-state index in [-0.39, 0.29) is 6.10 Å². The van der Waals surface area contributed by atoms with Crippen molar-refractivity contribution < 1.29 is 5.11 Å². The summed E-state index contributed by atoms with van der Waals surface area (Å²) in [7, 11) is 0. The van der Waals surface area contributed by atoms with Crippen LogP contribution in [0.5, 0.6) is 0 Å². The van der Waals surface area contributed by atoms with Crippen LogP contribution in [-0.2, 0) is 12.8 Å². The van der Waals surface area contributed by atoms with Gasteiger partial charge in [-0.25, -0.2) is 0 Å². The predicted octanol–water partition coefficient (Wildman–Crippen LogP) is 3.77. The van der Waals surface area contributed by atoms with E-state index in [0.717, 1.165) is 12.8 Å². The van der Waals surface area contributed by atoms with Gasteiger partial charge in [0, 0.05) is 9.75 Å². The second kappa shape index (κ2) is 4.34. The van der Waals surface area contributed by atoms with E-state index >= 15 is 0 Å². The van der Waals surface area contributed by atoms with Gasteiger partial charge in [0.1, 0.15) is 6.10 Å². The molecule has 1 heterocycles. The van der Waals surface area contributed by atoms with Crippen molar-refractivity contribution in [1.29, 1.82) is 0 Å². The van der Waals surface area contributed by atoms with Gasteiger partial charge in [0.15, 0.2) is 0 Å². The lowest BCUT2D eigenvalue weighted by atomic mass is 9.94. The Kier molecular flexibility index (Phi) is 2.86. The van der Waals surface area contributed by atoms with Crippen LogP contribution in [0.15, 0.2) is 17.7 Å². The molecule has 0 bridgehead atoms. The maximum Gasteiger partial charge on any atom is 0.109 e. The molecule has 2 heteroatoms. The minimum atomic E-state index is -0.309. The van der Waals surface area contributed by atoms with Gasteiger partial charge >= 0.3 is 0 Å². The fraction of sp³-hybridized carbons (Fsp3) is 0.571. The number of hydrogen-bond acceptors (Lipinski definition) is 2. The number of thiophene rings is 1. The standard InChI is InChI=1S/C14H18OS/c15-14(10-5-2-1-3-6-10)13-9-11-7-4-8-12(11)16-13/h5,9,14-15H,1-4,6-8H2. The number of aryl methyl sites for hydroxylation is 2. The van der Waals surface area contributed by atoms with Crippen molar-refractivity contribution in [3.8, 4) is 0 Å². The first-order valence-electron chi connectivity index (χ1n) is 6.33. The molecule has 1 N–H and O–H groups in total. The summed E-state index contributed by atoms with van der Waals surface area (Å²) >= 11 is 1.83. The molecule has 0 fully saturated rings. The summed E-state index contributed by atoms with van der Waals surface area (Å²) < 4.78 is 0. The van der Waals surface area contributed by atoms with Crippen molar-refractivity contribution in [2.75, 3.05) is 0 Å². The molecule has 2 aliphatic carbocycles. The first-order valence-corrected chi connectivity index (χ1v) is 7.15. The zero-order chi connectivity index (χ0) is 11.0. The molecule has 0 radical (unpaired) electrons. The largest absolute Gasteiger partial charge is 0.383 e. The van der Waals surface area contributed by atoms with E-state index in [4.69, 9.17) is 0 Å². The molecule has 0 aromatic carbocycles. The van der Waals surface area contributed by atoms with Gasteiger partial charge in [0.25, 0.3) is 0 Å². The highest BCUT2D eigenvalue weighted by Gasteiger charge is 2.21. The predicted molar refractivity (Wildman–Crippen MR) is 67.9 cm³/mol. The molecule has 0 aliphatic heterocycles. The number of aliphatic hydroxyl groups excluding tert-OH is 1. The van der Waals surface area contributed by atoms with Crippen molar-refractivity contribution in [2.45, 2.75) is 51.0 Å². The average molecular weight is 234 g/mol. The van der Waals surface area contributed by atoms with E-state index in [1.165, 1.54) is 53.0 Å². The van der Waals surface area contributed by atoms with Crippen molar-refractivity contribution >= 4 is 11.3 Å². The fourth-order valence-corrected chi connectivity index (χ4v) is 4.07. The van der Waals surface area contributed by atoms with Crippen LogP contribution in [-0.4, -0.2) is 5.11 Å². The Labute approximate surface area is 101 Å². The highest BCUT2D eigenvalue weighted by molar-refractivity contribution is 7.12. The summed E-state index contributed by atoms with van der Waals surface area (Å²) in [5.74, 6) is 0. The summed E-state index contributed by atoms with van der Waals surface area (Å²) in [6.45, 7) is 0. The number of aliphatic hydroxyl groups is 1. The van der Waals surface area contributed by atoms with E-state index in [1.807, 2.05) is 11.3 Å². The van der Waals surface area contributed by atoms with Crippen molar-refractivity contribution in [1.82, 2.24) is 0 Å². The van der Waals surface area contributed by atoms with Gasteiger partial charge in [-0.3, -0.25) is 0 Å². The Balaban J connectivity index is 1.83. The summed E-state index contributed by atoms with van der Waals surface area (Å²) in [4.78, 5) is 2.70. The third-order valence-electron chi connectivity index (χ3n) is 3.71. The maximum absolute atomic E-state index is 10.3. The van der Waals surface area contributed by atoms with Gasteiger partial charge in [-0.15, -0.1) is 11.3 Å². The molecule has 1 atom stereocenters.